The van der Waals surface area contributed by atoms with Gasteiger partial charge in [-0.2, -0.15) is 0 Å². The lowest BCUT2D eigenvalue weighted by Gasteiger charge is -2.24. The predicted molar refractivity (Wildman–Crippen MR) is 134 cm³/mol. The number of hydrogen-bond donors (Lipinski definition) is 0. The summed E-state index contributed by atoms with van der Waals surface area (Å²) in [6.07, 6.45) is 0.682. The van der Waals surface area contributed by atoms with Crippen LogP contribution in [-0.2, 0) is 6.42 Å². The van der Waals surface area contributed by atoms with Crippen molar-refractivity contribution in [3.05, 3.63) is 118 Å². The fraction of sp³-hybridized carbons (Fsp3) is 0.107. The van der Waals surface area contributed by atoms with Gasteiger partial charge in [0.15, 0.2) is 5.78 Å². The summed E-state index contributed by atoms with van der Waals surface area (Å²) < 4.78 is 0. The summed E-state index contributed by atoms with van der Waals surface area (Å²) in [5.41, 5.74) is 3.84. The number of rotatable bonds is 5. The summed E-state index contributed by atoms with van der Waals surface area (Å²) >= 11 is 0. The molecule has 1 aliphatic carbocycles. The molecule has 4 nitrogen and oxygen atoms in total. The Morgan fingerprint density at radius 2 is 1.39 bits per heavy atom. The van der Waals surface area contributed by atoms with E-state index in [1.54, 1.807) is 12.1 Å². The van der Waals surface area contributed by atoms with Crippen LogP contribution in [0.5, 0.6) is 0 Å². The molecule has 1 atom stereocenters. The normalized spacial score (nSPS) is 15.0. The van der Waals surface area contributed by atoms with Crippen molar-refractivity contribution in [2.75, 3.05) is 0 Å². The Hall–Kier alpha value is -3.62. The standard InChI is InChI=1S/C28H22NO3P/c1-19-18-25-24(28(19)30)16-17-26(27(25)20-12-14-21(15-13-20)29(31)32)33(22-8-4-2-5-9-22)23-10-6-3-7-11-23/h2-17,19H,18H2,1H3. The van der Waals surface area contributed by atoms with Crippen molar-refractivity contribution in [2.24, 2.45) is 5.92 Å². The lowest BCUT2D eigenvalue weighted by atomic mass is 9.96. The number of non-ortho nitro benzene ring substituents is 1. The first-order valence-electron chi connectivity index (χ1n) is 10.9. The summed E-state index contributed by atoms with van der Waals surface area (Å²) in [6.45, 7) is 1.97. The third kappa shape index (κ3) is 3.88. The molecule has 0 bridgehead atoms. The fourth-order valence-corrected chi connectivity index (χ4v) is 7.09. The predicted octanol–water partition coefficient (Wildman–Crippen LogP) is 5.39. The minimum Gasteiger partial charge on any atom is -0.294 e. The van der Waals surface area contributed by atoms with Gasteiger partial charge in [-0.1, -0.05) is 79.7 Å². The molecule has 0 aliphatic heterocycles. The van der Waals surface area contributed by atoms with Crippen molar-refractivity contribution in [3.63, 3.8) is 0 Å². The van der Waals surface area contributed by atoms with Crippen molar-refractivity contribution >= 4 is 35.3 Å². The minimum atomic E-state index is -0.891. The van der Waals surface area contributed by atoms with Crippen molar-refractivity contribution in [3.8, 4) is 11.1 Å². The Morgan fingerprint density at radius 1 is 0.818 bits per heavy atom. The van der Waals surface area contributed by atoms with E-state index < -0.39 is 7.92 Å². The zero-order valence-corrected chi connectivity index (χ0v) is 19.0. The molecule has 0 fully saturated rings. The third-order valence-corrected chi connectivity index (χ3v) is 8.63. The number of ketones is 1. The number of nitro benzene ring substituents is 1. The first kappa shape index (κ1) is 21.2. The summed E-state index contributed by atoms with van der Waals surface area (Å²) in [4.78, 5) is 23.7. The number of fused-ring (bicyclic) bond motifs is 1. The maximum Gasteiger partial charge on any atom is 0.269 e. The van der Waals surface area contributed by atoms with Gasteiger partial charge in [0.1, 0.15) is 0 Å². The molecule has 0 aromatic heterocycles. The summed E-state index contributed by atoms with van der Waals surface area (Å²) in [5.74, 6) is 0.107. The van der Waals surface area contributed by atoms with E-state index >= 15 is 0 Å². The van der Waals surface area contributed by atoms with Crippen LogP contribution in [0.15, 0.2) is 97.1 Å². The number of nitrogens with zero attached hydrogens (tertiary/aromatic N) is 1. The minimum absolute atomic E-state index is 0.0608. The van der Waals surface area contributed by atoms with Crippen LogP contribution in [0.4, 0.5) is 5.69 Å². The average Bonchev–Trinajstić information content (AvgIpc) is 3.14. The highest BCUT2D eigenvalue weighted by atomic mass is 31.1. The van der Waals surface area contributed by atoms with E-state index in [0.717, 1.165) is 27.6 Å². The maximum absolute atomic E-state index is 12.9. The van der Waals surface area contributed by atoms with Gasteiger partial charge in [-0.25, -0.2) is 0 Å². The van der Waals surface area contributed by atoms with Gasteiger partial charge in [-0.05, 0) is 59.1 Å². The van der Waals surface area contributed by atoms with Gasteiger partial charge in [0, 0.05) is 23.6 Å². The van der Waals surface area contributed by atoms with Crippen molar-refractivity contribution in [2.45, 2.75) is 13.3 Å². The largest absolute Gasteiger partial charge is 0.294 e. The van der Waals surface area contributed by atoms with Crippen molar-refractivity contribution in [1.29, 1.82) is 0 Å². The van der Waals surface area contributed by atoms with Crippen LogP contribution in [0.3, 0.4) is 0 Å². The second kappa shape index (κ2) is 8.73. The number of nitro groups is 1. The molecule has 5 rings (SSSR count). The van der Waals surface area contributed by atoms with E-state index in [4.69, 9.17) is 0 Å². The smallest absolute Gasteiger partial charge is 0.269 e. The number of Topliss-reactive ketones (excluding diaryl/α,β-unsaturated/α-hetero) is 1. The quantitative estimate of drug-likeness (QED) is 0.232. The van der Waals surface area contributed by atoms with Crippen LogP contribution in [0.2, 0.25) is 0 Å². The molecule has 0 N–H and O–H groups in total. The summed E-state index contributed by atoms with van der Waals surface area (Å²) in [5, 5.41) is 14.8. The zero-order chi connectivity index (χ0) is 22.9. The van der Waals surface area contributed by atoms with Crippen LogP contribution in [0.1, 0.15) is 22.8 Å². The topological polar surface area (TPSA) is 60.2 Å². The Balaban J connectivity index is 1.79. The van der Waals surface area contributed by atoms with Crippen LogP contribution in [0.25, 0.3) is 11.1 Å². The molecule has 1 unspecified atom stereocenters. The van der Waals surface area contributed by atoms with Gasteiger partial charge < -0.3 is 0 Å². The van der Waals surface area contributed by atoms with Crippen molar-refractivity contribution in [1.82, 2.24) is 0 Å². The van der Waals surface area contributed by atoms with E-state index in [2.05, 4.69) is 54.6 Å². The van der Waals surface area contributed by atoms with Crippen molar-refractivity contribution < 1.29 is 9.72 Å². The molecule has 0 radical (unpaired) electrons. The number of hydrogen-bond acceptors (Lipinski definition) is 3. The zero-order valence-electron chi connectivity index (χ0n) is 18.1. The molecule has 0 saturated carbocycles. The lowest BCUT2D eigenvalue weighted by Crippen LogP contribution is -2.23. The molecule has 4 aromatic carbocycles. The van der Waals surface area contributed by atoms with E-state index in [9.17, 15) is 14.9 Å². The molecular formula is C28H22NO3P. The van der Waals surface area contributed by atoms with Gasteiger partial charge >= 0.3 is 0 Å². The molecule has 1 aliphatic rings. The van der Waals surface area contributed by atoms with E-state index in [1.807, 2.05) is 37.3 Å². The van der Waals surface area contributed by atoms with Crippen LogP contribution in [0, 0.1) is 16.0 Å². The Kier molecular flexibility index (Phi) is 5.62. The molecule has 4 aromatic rings. The number of benzene rings is 4. The van der Waals surface area contributed by atoms with Crippen LogP contribution >= 0.6 is 7.92 Å². The lowest BCUT2D eigenvalue weighted by molar-refractivity contribution is -0.384. The van der Waals surface area contributed by atoms with Gasteiger partial charge in [0.2, 0.25) is 0 Å². The molecule has 0 heterocycles. The van der Waals surface area contributed by atoms with Gasteiger partial charge in [-0.3, -0.25) is 14.9 Å². The van der Waals surface area contributed by atoms with Crippen LogP contribution in [-0.4, -0.2) is 10.7 Å². The average molecular weight is 451 g/mol. The molecule has 0 amide bonds. The fourth-order valence-electron chi connectivity index (χ4n) is 4.58. The summed E-state index contributed by atoms with van der Waals surface area (Å²) in [6, 6.07) is 31.7. The monoisotopic (exact) mass is 451 g/mol. The molecule has 33 heavy (non-hydrogen) atoms. The highest BCUT2D eigenvalue weighted by molar-refractivity contribution is 7.80. The van der Waals surface area contributed by atoms with E-state index in [1.165, 1.54) is 10.6 Å². The maximum atomic E-state index is 12.9. The highest BCUT2D eigenvalue weighted by Gasteiger charge is 2.32. The first-order chi connectivity index (χ1) is 16.0. The Bertz CT molecular complexity index is 1300. The van der Waals surface area contributed by atoms with Crippen LogP contribution < -0.4 is 15.9 Å². The van der Waals surface area contributed by atoms with E-state index in [0.29, 0.717) is 6.42 Å². The molecular weight excluding hydrogens is 429 g/mol. The SMILES string of the molecule is CC1Cc2c(ccc(P(c3ccccc3)c3ccccc3)c2-c2ccc([N+](=O)[O-])cc2)C1=O. The molecule has 162 valence electrons. The number of carbonyl (C=O) groups is 1. The molecule has 5 heteroatoms. The third-order valence-electron chi connectivity index (χ3n) is 6.15. The highest BCUT2D eigenvalue weighted by Crippen LogP contribution is 2.42. The summed E-state index contributed by atoms with van der Waals surface area (Å²) in [7, 11) is -0.891. The van der Waals surface area contributed by atoms with Gasteiger partial charge in [-0.15, -0.1) is 0 Å². The second-order valence-electron chi connectivity index (χ2n) is 8.27. The molecule has 0 saturated heterocycles. The molecule has 0 spiro atoms. The van der Waals surface area contributed by atoms with E-state index in [-0.39, 0.29) is 22.3 Å². The number of carbonyl (C=O) groups excluding carboxylic acids is 1. The Morgan fingerprint density at radius 3 is 1.94 bits per heavy atom. The van der Waals surface area contributed by atoms with Gasteiger partial charge in [0.05, 0.1) is 4.92 Å². The Labute approximate surface area is 193 Å². The van der Waals surface area contributed by atoms with Gasteiger partial charge in [0.25, 0.3) is 5.69 Å². The first-order valence-corrected chi connectivity index (χ1v) is 12.2. The second-order valence-corrected chi connectivity index (χ2v) is 10.5.